The van der Waals surface area contributed by atoms with Gasteiger partial charge in [-0.3, -0.25) is 4.79 Å². The molecular weight excluding hydrogens is 350 g/mol. The van der Waals surface area contributed by atoms with Crippen molar-refractivity contribution in [1.29, 1.82) is 0 Å². The van der Waals surface area contributed by atoms with Gasteiger partial charge in [0.2, 0.25) is 5.91 Å². The molecule has 0 saturated carbocycles. The second-order valence-electron chi connectivity index (χ2n) is 7.24. The van der Waals surface area contributed by atoms with Crippen molar-refractivity contribution in [1.82, 2.24) is 10.2 Å². The number of carbonyl (C=O) groups excluding carboxylic acids is 1. The first kappa shape index (κ1) is 17.9. The highest BCUT2D eigenvalue weighted by Gasteiger charge is 2.46. The van der Waals surface area contributed by atoms with Gasteiger partial charge in [0.05, 0.1) is 19.6 Å². The van der Waals surface area contributed by atoms with Crippen LogP contribution in [0.1, 0.15) is 17.2 Å². The predicted octanol–water partition coefficient (Wildman–Crippen LogP) is 2.94. The van der Waals surface area contributed by atoms with E-state index in [2.05, 4.69) is 5.32 Å². The average Bonchev–Trinajstić information content (AvgIpc) is 3.26. The minimum Gasteiger partial charge on any atom is -0.497 e. The largest absolute Gasteiger partial charge is 0.497 e. The van der Waals surface area contributed by atoms with Crippen LogP contribution in [0.15, 0.2) is 42.5 Å². The van der Waals surface area contributed by atoms with Gasteiger partial charge < -0.3 is 15.0 Å². The van der Waals surface area contributed by atoms with Crippen LogP contribution in [0.3, 0.4) is 0 Å². The molecule has 1 N–H and O–H groups in total. The summed E-state index contributed by atoms with van der Waals surface area (Å²) < 4.78 is 32.7. The summed E-state index contributed by atoms with van der Waals surface area (Å²) in [5.41, 5.74) is 1.14. The third kappa shape index (κ3) is 3.30. The number of fused-ring (bicyclic) bond motifs is 1. The van der Waals surface area contributed by atoms with Crippen LogP contribution in [0.25, 0.3) is 0 Å². The standard InChI is InChI=1S/C21H22F2N2O2/c1-27-16-7-5-13(6-8-16)21-17-11-24-10-15(17)12-25(21)19(26)9-14-3-2-4-18(22)20(14)23/h2-8,15,17,21,24H,9-12H2,1H3/t15-,17-,21+/m0/s1. The van der Waals surface area contributed by atoms with E-state index in [-0.39, 0.29) is 23.9 Å². The van der Waals surface area contributed by atoms with Crippen LogP contribution in [-0.4, -0.2) is 37.6 Å². The summed E-state index contributed by atoms with van der Waals surface area (Å²) in [6.45, 7) is 2.35. The number of nitrogens with one attached hydrogen (secondary N) is 1. The van der Waals surface area contributed by atoms with E-state index in [9.17, 15) is 13.6 Å². The van der Waals surface area contributed by atoms with Crippen molar-refractivity contribution in [3.8, 4) is 5.75 Å². The average molecular weight is 372 g/mol. The van der Waals surface area contributed by atoms with E-state index < -0.39 is 11.6 Å². The van der Waals surface area contributed by atoms with Crippen molar-refractivity contribution < 1.29 is 18.3 Å². The van der Waals surface area contributed by atoms with Crippen LogP contribution in [0, 0.1) is 23.5 Å². The topological polar surface area (TPSA) is 41.6 Å². The molecule has 2 aromatic rings. The van der Waals surface area contributed by atoms with E-state index in [0.717, 1.165) is 30.5 Å². The normalized spacial score (nSPS) is 24.1. The zero-order valence-electron chi connectivity index (χ0n) is 15.1. The minimum absolute atomic E-state index is 0.0694. The van der Waals surface area contributed by atoms with Crippen LogP contribution in [-0.2, 0) is 11.2 Å². The Balaban J connectivity index is 1.61. The lowest BCUT2D eigenvalue weighted by Gasteiger charge is -2.29. The highest BCUT2D eigenvalue weighted by Crippen LogP contribution is 2.43. The van der Waals surface area contributed by atoms with Crippen molar-refractivity contribution in [3.63, 3.8) is 0 Å². The Bertz CT molecular complexity index is 841. The molecule has 0 aliphatic carbocycles. The Hall–Kier alpha value is -2.47. The Labute approximate surface area is 157 Å². The lowest BCUT2D eigenvalue weighted by atomic mass is 9.89. The molecule has 0 bridgehead atoms. The number of nitrogens with zero attached hydrogens (tertiary/aromatic N) is 1. The van der Waals surface area contributed by atoms with E-state index in [1.54, 1.807) is 7.11 Å². The monoisotopic (exact) mass is 372 g/mol. The number of likely N-dealkylation sites (tertiary alicyclic amines) is 1. The third-order valence-corrected chi connectivity index (χ3v) is 5.72. The summed E-state index contributed by atoms with van der Waals surface area (Å²) in [5, 5.41) is 3.40. The highest BCUT2D eigenvalue weighted by molar-refractivity contribution is 5.80. The molecule has 2 aromatic carbocycles. The van der Waals surface area contributed by atoms with Gasteiger partial charge >= 0.3 is 0 Å². The molecule has 0 aromatic heterocycles. The number of hydrogen-bond acceptors (Lipinski definition) is 3. The maximum atomic E-state index is 14.0. The fourth-order valence-electron chi connectivity index (χ4n) is 4.35. The zero-order chi connectivity index (χ0) is 19.0. The van der Waals surface area contributed by atoms with Gasteiger partial charge in [-0.05, 0) is 29.7 Å². The number of ether oxygens (including phenoxy) is 1. The summed E-state index contributed by atoms with van der Waals surface area (Å²) >= 11 is 0. The fourth-order valence-corrected chi connectivity index (χ4v) is 4.35. The number of halogens is 2. The predicted molar refractivity (Wildman–Crippen MR) is 97.4 cm³/mol. The van der Waals surface area contributed by atoms with Crippen molar-refractivity contribution in [2.75, 3.05) is 26.7 Å². The molecule has 3 atom stereocenters. The molecule has 142 valence electrons. The van der Waals surface area contributed by atoms with Crippen LogP contribution >= 0.6 is 0 Å². The van der Waals surface area contributed by atoms with Crippen LogP contribution < -0.4 is 10.1 Å². The number of methoxy groups -OCH3 is 1. The first-order chi connectivity index (χ1) is 13.1. The van der Waals surface area contributed by atoms with Crippen molar-refractivity contribution in [2.45, 2.75) is 12.5 Å². The molecule has 4 nitrogen and oxygen atoms in total. The Morgan fingerprint density at radius 2 is 1.96 bits per heavy atom. The number of hydrogen-bond donors (Lipinski definition) is 1. The molecule has 1 amide bonds. The van der Waals surface area contributed by atoms with Gasteiger partial charge in [-0.1, -0.05) is 24.3 Å². The summed E-state index contributed by atoms with van der Waals surface area (Å²) in [5.74, 6) is -0.576. The third-order valence-electron chi connectivity index (χ3n) is 5.72. The van der Waals surface area contributed by atoms with Crippen molar-refractivity contribution >= 4 is 5.91 Å². The van der Waals surface area contributed by atoms with Gasteiger partial charge in [0.25, 0.3) is 0 Å². The van der Waals surface area contributed by atoms with Crippen LogP contribution in [0.5, 0.6) is 5.75 Å². The molecule has 2 heterocycles. The van der Waals surface area contributed by atoms with E-state index in [0.29, 0.717) is 18.4 Å². The number of rotatable bonds is 4. The van der Waals surface area contributed by atoms with Crippen LogP contribution in [0.2, 0.25) is 0 Å². The van der Waals surface area contributed by atoms with Gasteiger partial charge in [0.15, 0.2) is 11.6 Å². The number of amides is 1. The van der Waals surface area contributed by atoms with Crippen molar-refractivity contribution in [2.24, 2.45) is 11.8 Å². The minimum atomic E-state index is -0.937. The molecule has 27 heavy (non-hydrogen) atoms. The summed E-state index contributed by atoms with van der Waals surface area (Å²) in [4.78, 5) is 14.8. The van der Waals surface area contributed by atoms with Gasteiger partial charge in [-0.15, -0.1) is 0 Å². The molecule has 0 spiro atoms. The first-order valence-corrected chi connectivity index (χ1v) is 9.15. The Morgan fingerprint density at radius 1 is 1.19 bits per heavy atom. The van der Waals surface area contributed by atoms with Gasteiger partial charge in [-0.25, -0.2) is 8.78 Å². The zero-order valence-corrected chi connectivity index (χ0v) is 15.1. The molecule has 4 rings (SSSR count). The second-order valence-corrected chi connectivity index (χ2v) is 7.24. The quantitative estimate of drug-likeness (QED) is 0.897. The van der Waals surface area contributed by atoms with Gasteiger partial charge in [-0.2, -0.15) is 0 Å². The molecule has 6 heteroatoms. The molecule has 2 saturated heterocycles. The van der Waals surface area contributed by atoms with E-state index in [1.165, 1.54) is 12.1 Å². The Kier molecular flexibility index (Phi) is 4.83. The summed E-state index contributed by atoms with van der Waals surface area (Å²) in [6.07, 6.45) is -0.136. The van der Waals surface area contributed by atoms with Crippen LogP contribution in [0.4, 0.5) is 8.78 Å². The first-order valence-electron chi connectivity index (χ1n) is 9.15. The lowest BCUT2D eigenvalue weighted by Crippen LogP contribution is -2.35. The molecule has 2 aliphatic rings. The van der Waals surface area contributed by atoms with E-state index in [4.69, 9.17) is 4.74 Å². The SMILES string of the molecule is COc1ccc([C@@H]2[C@H]3CNC[C@H]3CN2C(=O)Cc2cccc(F)c2F)cc1. The smallest absolute Gasteiger partial charge is 0.227 e. The molecule has 2 aliphatic heterocycles. The van der Waals surface area contributed by atoms with Gasteiger partial charge in [0, 0.05) is 31.1 Å². The van der Waals surface area contributed by atoms with Gasteiger partial charge in [0.1, 0.15) is 5.75 Å². The molecule has 0 radical (unpaired) electrons. The summed E-state index contributed by atoms with van der Waals surface area (Å²) in [7, 11) is 1.62. The highest BCUT2D eigenvalue weighted by atomic mass is 19.2. The Morgan fingerprint density at radius 3 is 2.70 bits per heavy atom. The second kappa shape index (κ2) is 7.27. The molecular formula is C21H22F2N2O2. The fraction of sp³-hybridized carbons (Fsp3) is 0.381. The maximum absolute atomic E-state index is 14.0. The molecule has 2 fully saturated rings. The van der Waals surface area contributed by atoms with Crippen molar-refractivity contribution in [3.05, 3.63) is 65.2 Å². The maximum Gasteiger partial charge on any atom is 0.227 e. The lowest BCUT2D eigenvalue weighted by molar-refractivity contribution is -0.132. The summed E-state index contributed by atoms with van der Waals surface area (Å²) in [6, 6.07) is 11.6. The molecule has 0 unspecified atom stereocenters. The number of benzene rings is 2. The number of carbonyl (C=O) groups is 1. The van der Waals surface area contributed by atoms with E-state index in [1.807, 2.05) is 29.2 Å². The van der Waals surface area contributed by atoms with E-state index >= 15 is 0 Å².